The monoisotopic (exact) mass is 479 g/mol. The Morgan fingerprint density at radius 2 is 1.25 bits per heavy atom. The summed E-state index contributed by atoms with van der Waals surface area (Å²) in [6.45, 7) is 0. The van der Waals surface area contributed by atoms with Crippen LogP contribution in [-0.4, -0.2) is 86.8 Å². The van der Waals surface area contributed by atoms with Crippen LogP contribution in [0.4, 0.5) is 0 Å². The molecule has 0 heterocycles. The van der Waals surface area contributed by atoms with Crippen LogP contribution in [0.1, 0.15) is 25.7 Å². The molecule has 4 amide bonds. The topological polar surface area (TPSA) is 268 Å². The maximum Gasteiger partial charge on any atom is 0.326 e. The lowest BCUT2D eigenvalue weighted by molar-refractivity contribution is -0.144. The summed E-state index contributed by atoms with van der Waals surface area (Å²) < 4.78 is 0. The van der Waals surface area contributed by atoms with Gasteiger partial charge in [-0.3, -0.25) is 28.8 Å². The molecule has 0 bridgehead atoms. The lowest BCUT2D eigenvalue weighted by Gasteiger charge is -2.24. The minimum atomic E-state index is -1.82. The van der Waals surface area contributed by atoms with Gasteiger partial charge in [0, 0.05) is 12.2 Å². The highest BCUT2D eigenvalue weighted by molar-refractivity contribution is 7.80. The largest absolute Gasteiger partial charge is 0.481 e. The highest BCUT2D eigenvalue weighted by atomic mass is 32.1. The molecule has 0 aliphatic carbocycles. The number of carbonyl (C=O) groups is 7. The van der Waals surface area contributed by atoms with E-state index < -0.39 is 91.4 Å². The molecule has 0 aliphatic heterocycles. The number of amides is 4. The lowest BCUT2D eigenvalue weighted by atomic mass is 10.1. The van der Waals surface area contributed by atoms with Gasteiger partial charge in [0.1, 0.15) is 18.1 Å². The number of thiol groups is 1. The molecule has 0 aliphatic rings. The molecule has 180 valence electrons. The average molecular weight is 479 g/mol. The second-order valence-corrected chi connectivity index (χ2v) is 6.88. The number of nitrogens with one attached hydrogen (secondary N) is 3. The maximum absolute atomic E-state index is 12.6. The van der Waals surface area contributed by atoms with E-state index in [1.54, 1.807) is 0 Å². The summed E-state index contributed by atoms with van der Waals surface area (Å²) in [6.07, 6.45) is -2.78. The van der Waals surface area contributed by atoms with Crippen LogP contribution in [0, 0.1) is 0 Å². The van der Waals surface area contributed by atoms with Gasteiger partial charge in [-0.1, -0.05) is 0 Å². The smallest absolute Gasteiger partial charge is 0.326 e. The van der Waals surface area contributed by atoms with E-state index in [1.807, 2.05) is 10.6 Å². The van der Waals surface area contributed by atoms with E-state index in [0.29, 0.717) is 0 Å². The zero-order chi connectivity index (χ0) is 25.0. The minimum absolute atomic E-state index is 0.0976. The third kappa shape index (κ3) is 11.1. The van der Waals surface area contributed by atoms with Crippen molar-refractivity contribution in [1.29, 1.82) is 0 Å². The number of rotatable bonds is 15. The van der Waals surface area contributed by atoms with Gasteiger partial charge in [-0.15, -0.1) is 0 Å². The molecule has 0 aromatic carbocycles. The quantitative estimate of drug-likeness (QED) is 0.102. The maximum atomic E-state index is 12.6. The van der Waals surface area contributed by atoms with Crippen LogP contribution in [0.25, 0.3) is 0 Å². The number of carboxylic acid groups (broad SMARTS) is 3. The lowest BCUT2D eigenvalue weighted by Crippen LogP contribution is -2.58. The van der Waals surface area contributed by atoms with Gasteiger partial charge in [-0.05, 0) is 6.42 Å². The third-order valence-electron chi connectivity index (χ3n) is 3.84. The molecule has 0 aromatic rings. The predicted octanol–water partition coefficient (Wildman–Crippen LogP) is -4.00. The fourth-order valence-electron chi connectivity index (χ4n) is 2.23. The van der Waals surface area contributed by atoms with Gasteiger partial charge in [0.15, 0.2) is 0 Å². The molecule has 32 heavy (non-hydrogen) atoms. The third-order valence-corrected chi connectivity index (χ3v) is 4.24. The molecular formula is C16H25N5O10S. The molecule has 0 saturated heterocycles. The Morgan fingerprint density at radius 1 is 0.750 bits per heavy atom. The number of primary amides is 1. The molecule has 10 N–H and O–H groups in total. The van der Waals surface area contributed by atoms with Crippen molar-refractivity contribution in [1.82, 2.24) is 16.0 Å². The zero-order valence-electron chi connectivity index (χ0n) is 16.6. The molecule has 15 nitrogen and oxygen atoms in total. The van der Waals surface area contributed by atoms with Gasteiger partial charge < -0.3 is 42.7 Å². The molecule has 0 spiro atoms. The van der Waals surface area contributed by atoms with Crippen LogP contribution >= 0.6 is 12.6 Å². The second kappa shape index (κ2) is 13.8. The van der Waals surface area contributed by atoms with Gasteiger partial charge >= 0.3 is 17.9 Å². The predicted molar refractivity (Wildman–Crippen MR) is 108 cm³/mol. The fraction of sp³-hybridized carbons (Fsp3) is 0.562. The van der Waals surface area contributed by atoms with Gasteiger partial charge in [-0.2, -0.15) is 12.6 Å². The fourth-order valence-corrected chi connectivity index (χ4v) is 2.39. The normalized spacial score (nSPS) is 14.2. The Hall–Kier alpha value is -3.40. The molecule has 0 radical (unpaired) electrons. The summed E-state index contributed by atoms with van der Waals surface area (Å²) in [5.74, 6) is -8.87. The van der Waals surface area contributed by atoms with Crippen molar-refractivity contribution >= 4 is 54.2 Å². The first-order valence-corrected chi connectivity index (χ1v) is 9.63. The number of aliphatic carboxylic acids is 3. The van der Waals surface area contributed by atoms with Gasteiger partial charge in [0.2, 0.25) is 23.6 Å². The first-order valence-electron chi connectivity index (χ1n) is 9.00. The summed E-state index contributed by atoms with van der Waals surface area (Å²) in [5, 5.41) is 33.0. The van der Waals surface area contributed by atoms with Crippen molar-refractivity contribution in [2.45, 2.75) is 49.9 Å². The molecule has 0 fully saturated rings. The van der Waals surface area contributed by atoms with Crippen molar-refractivity contribution in [2.75, 3.05) is 5.75 Å². The molecule has 0 aromatic heterocycles. The van der Waals surface area contributed by atoms with Crippen molar-refractivity contribution in [2.24, 2.45) is 11.5 Å². The van der Waals surface area contributed by atoms with E-state index in [2.05, 4.69) is 17.9 Å². The van der Waals surface area contributed by atoms with Gasteiger partial charge in [-0.25, -0.2) is 4.79 Å². The van der Waals surface area contributed by atoms with E-state index in [1.165, 1.54) is 0 Å². The second-order valence-electron chi connectivity index (χ2n) is 6.51. The van der Waals surface area contributed by atoms with Crippen LogP contribution in [0.5, 0.6) is 0 Å². The SMILES string of the molecule is NC(=O)CC(NC(=O)C(CC(=O)O)NC(=O)C(CCC(=O)O)NC(=O)C(N)CS)C(=O)O. The number of carbonyl (C=O) groups excluding carboxylic acids is 4. The summed E-state index contributed by atoms with van der Waals surface area (Å²) >= 11 is 3.83. The summed E-state index contributed by atoms with van der Waals surface area (Å²) in [4.78, 5) is 80.9. The van der Waals surface area contributed by atoms with Crippen molar-refractivity contribution in [3.8, 4) is 0 Å². The van der Waals surface area contributed by atoms with Crippen LogP contribution < -0.4 is 27.4 Å². The first-order chi connectivity index (χ1) is 14.8. The molecule has 4 atom stereocenters. The van der Waals surface area contributed by atoms with Crippen LogP contribution in [-0.2, 0) is 33.6 Å². The number of hydrogen-bond donors (Lipinski definition) is 9. The highest BCUT2D eigenvalue weighted by Crippen LogP contribution is 2.03. The molecule has 0 rings (SSSR count). The van der Waals surface area contributed by atoms with E-state index in [-0.39, 0.29) is 5.75 Å². The zero-order valence-corrected chi connectivity index (χ0v) is 17.5. The van der Waals surface area contributed by atoms with E-state index in [4.69, 9.17) is 26.8 Å². The molecular weight excluding hydrogens is 454 g/mol. The number of carboxylic acids is 3. The first kappa shape index (κ1) is 28.6. The van der Waals surface area contributed by atoms with Crippen molar-refractivity contribution in [3.05, 3.63) is 0 Å². The van der Waals surface area contributed by atoms with Gasteiger partial charge in [0.05, 0.1) is 18.9 Å². The van der Waals surface area contributed by atoms with E-state index in [0.717, 1.165) is 0 Å². The minimum Gasteiger partial charge on any atom is -0.481 e. The Balaban J connectivity index is 5.55. The van der Waals surface area contributed by atoms with E-state index in [9.17, 15) is 33.6 Å². The Morgan fingerprint density at radius 3 is 1.69 bits per heavy atom. The van der Waals surface area contributed by atoms with Crippen LogP contribution in [0.3, 0.4) is 0 Å². The van der Waals surface area contributed by atoms with Crippen molar-refractivity contribution < 1.29 is 48.9 Å². The summed E-state index contributed by atoms with van der Waals surface area (Å²) in [5.41, 5.74) is 10.4. The van der Waals surface area contributed by atoms with Crippen molar-refractivity contribution in [3.63, 3.8) is 0 Å². The van der Waals surface area contributed by atoms with Gasteiger partial charge in [0.25, 0.3) is 0 Å². The van der Waals surface area contributed by atoms with Crippen LogP contribution in [0.2, 0.25) is 0 Å². The number of hydrogen-bond acceptors (Lipinski definition) is 9. The number of nitrogens with two attached hydrogens (primary N) is 2. The summed E-state index contributed by atoms with van der Waals surface area (Å²) in [7, 11) is 0. The van der Waals surface area contributed by atoms with E-state index >= 15 is 0 Å². The molecule has 16 heteroatoms. The molecule has 0 saturated carbocycles. The Bertz CT molecular complexity index is 761. The molecule has 4 unspecified atom stereocenters. The Labute approximate surface area is 186 Å². The average Bonchev–Trinajstić information content (AvgIpc) is 2.67. The summed E-state index contributed by atoms with van der Waals surface area (Å²) in [6, 6.07) is -6.25. The highest BCUT2D eigenvalue weighted by Gasteiger charge is 2.32. The van der Waals surface area contributed by atoms with Crippen LogP contribution in [0.15, 0.2) is 0 Å². The standard InChI is InChI=1S/C16H25N5O10S/c17-6(5-32)13(27)19-7(1-2-11(23)24)14(28)20-8(4-12(25)26)15(29)21-9(16(30)31)3-10(18)22/h6-9,32H,1-5,17H2,(H2,18,22)(H,19,27)(H,20,28)(H,21,29)(H,23,24)(H,25,26)(H,30,31). The Kier molecular flexibility index (Phi) is 12.3.